The van der Waals surface area contributed by atoms with Gasteiger partial charge in [0.1, 0.15) is 0 Å². The highest BCUT2D eigenvalue weighted by Crippen LogP contribution is 2.30. The molecule has 0 bridgehead atoms. The maximum absolute atomic E-state index is 12.2. The zero-order valence-electron chi connectivity index (χ0n) is 15.2. The van der Waals surface area contributed by atoms with Gasteiger partial charge in [-0.15, -0.1) is 0 Å². The van der Waals surface area contributed by atoms with Crippen molar-refractivity contribution in [2.75, 3.05) is 5.32 Å². The van der Waals surface area contributed by atoms with E-state index in [1.807, 2.05) is 62.4 Å². The minimum absolute atomic E-state index is 0.0691. The number of aryl methyl sites for hydroxylation is 1. The van der Waals surface area contributed by atoms with E-state index < -0.39 is 0 Å². The van der Waals surface area contributed by atoms with E-state index in [9.17, 15) is 9.59 Å². The number of anilines is 1. The third kappa shape index (κ3) is 4.85. The second-order valence-corrected chi connectivity index (χ2v) is 6.87. The van der Waals surface area contributed by atoms with E-state index in [-0.39, 0.29) is 23.9 Å². The highest BCUT2D eigenvalue weighted by molar-refractivity contribution is 5.94. The number of hydrogen-bond acceptors (Lipinski definition) is 2. The molecule has 5 heteroatoms. The Morgan fingerprint density at radius 2 is 1.88 bits per heavy atom. The predicted octanol–water partition coefficient (Wildman–Crippen LogP) is 3.90. The molecule has 3 N–H and O–H groups in total. The highest BCUT2D eigenvalue weighted by atomic mass is 16.2. The topological polar surface area (TPSA) is 70.2 Å². The van der Waals surface area contributed by atoms with Crippen LogP contribution >= 0.6 is 0 Å². The first-order valence-electron chi connectivity index (χ1n) is 9.02. The second kappa shape index (κ2) is 8.04. The molecule has 2 aromatic rings. The smallest absolute Gasteiger partial charge is 0.315 e. The van der Waals surface area contributed by atoms with Crippen LogP contribution < -0.4 is 16.0 Å². The number of nitrogens with one attached hydrogen (secondary N) is 3. The van der Waals surface area contributed by atoms with Crippen molar-refractivity contribution in [2.24, 2.45) is 5.92 Å². The number of rotatable bonds is 6. The van der Waals surface area contributed by atoms with Crippen LogP contribution in [0.15, 0.2) is 48.5 Å². The molecule has 0 saturated heterocycles. The van der Waals surface area contributed by atoms with E-state index in [4.69, 9.17) is 0 Å². The van der Waals surface area contributed by atoms with E-state index in [1.165, 1.54) is 0 Å². The monoisotopic (exact) mass is 351 g/mol. The van der Waals surface area contributed by atoms with Gasteiger partial charge in [0.2, 0.25) is 5.91 Å². The molecule has 0 spiro atoms. The molecular weight excluding hydrogens is 326 g/mol. The van der Waals surface area contributed by atoms with Crippen molar-refractivity contribution in [3.05, 3.63) is 65.2 Å². The average molecular weight is 351 g/mol. The van der Waals surface area contributed by atoms with Gasteiger partial charge in [0.25, 0.3) is 0 Å². The lowest BCUT2D eigenvalue weighted by Crippen LogP contribution is -2.36. The number of hydrogen-bond donors (Lipinski definition) is 3. The third-order valence-electron chi connectivity index (χ3n) is 4.60. The Morgan fingerprint density at radius 3 is 2.62 bits per heavy atom. The molecule has 5 nitrogen and oxygen atoms in total. The molecule has 1 aliphatic rings. The van der Waals surface area contributed by atoms with E-state index in [2.05, 4.69) is 16.0 Å². The van der Waals surface area contributed by atoms with Gasteiger partial charge in [-0.05, 0) is 55.5 Å². The molecule has 1 atom stereocenters. The molecule has 0 radical (unpaired) electrons. The van der Waals surface area contributed by atoms with Gasteiger partial charge in [-0.25, -0.2) is 4.79 Å². The lowest BCUT2D eigenvalue weighted by Gasteiger charge is -2.17. The van der Waals surface area contributed by atoms with Crippen LogP contribution in [0.2, 0.25) is 0 Å². The molecule has 3 rings (SSSR count). The van der Waals surface area contributed by atoms with Gasteiger partial charge in [-0.1, -0.05) is 36.4 Å². The molecule has 1 fully saturated rings. The zero-order chi connectivity index (χ0) is 18.5. The Kier molecular flexibility index (Phi) is 5.56. The molecule has 3 amide bonds. The van der Waals surface area contributed by atoms with Crippen molar-refractivity contribution in [2.45, 2.75) is 39.3 Å². The number of benzene rings is 2. The van der Waals surface area contributed by atoms with Crippen LogP contribution in [0.5, 0.6) is 0 Å². The summed E-state index contributed by atoms with van der Waals surface area (Å²) in [4.78, 5) is 24.0. The van der Waals surface area contributed by atoms with Crippen LogP contribution in [-0.2, 0) is 11.3 Å². The molecule has 0 aromatic heterocycles. The Balaban J connectivity index is 1.51. The Morgan fingerprint density at radius 1 is 1.12 bits per heavy atom. The summed E-state index contributed by atoms with van der Waals surface area (Å²) >= 11 is 0. The summed E-state index contributed by atoms with van der Waals surface area (Å²) < 4.78 is 0. The first-order valence-corrected chi connectivity index (χ1v) is 9.02. The van der Waals surface area contributed by atoms with Gasteiger partial charge in [0, 0.05) is 18.2 Å². The molecule has 26 heavy (non-hydrogen) atoms. The summed E-state index contributed by atoms with van der Waals surface area (Å²) in [6.07, 6.45) is 1.96. The third-order valence-corrected chi connectivity index (χ3v) is 4.60. The summed E-state index contributed by atoms with van der Waals surface area (Å²) in [6.45, 7) is 4.41. The largest absolute Gasteiger partial charge is 0.334 e. The Labute approximate surface area is 154 Å². The summed E-state index contributed by atoms with van der Waals surface area (Å²) in [6, 6.07) is 15.3. The van der Waals surface area contributed by atoms with Crippen LogP contribution in [-0.4, -0.2) is 11.9 Å². The Bertz CT molecular complexity index is 799. The first kappa shape index (κ1) is 18.0. The number of carbonyl (C=O) groups is 2. The van der Waals surface area contributed by atoms with Gasteiger partial charge in [0.05, 0.1) is 6.04 Å². The average Bonchev–Trinajstić information content (AvgIpc) is 3.46. The maximum atomic E-state index is 12.2. The maximum Gasteiger partial charge on any atom is 0.315 e. The lowest BCUT2D eigenvalue weighted by atomic mass is 10.0. The van der Waals surface area contributed by atoms with Crippen molar-refractivity contribution in [1.82, 2.24) is 10.6 Å². The van der Waals surface area contributed by atoms with Crippen LogP contribution in [0.4, 0.5) is 10.5 Å². The van der Waals surface area contributed by atoms with Gasteiger partial charge < -0.3 is 16.0 Å². The molecule has 1 saturated carbocycles. The molecule has 0 aliphatic heterocycles. The molecule has 136 valence electrons. The first-order chi connectivity index (χ1) is 12.5. The normalized spacial score (nSPS) is 14.4. The lowest BCUT2D eigenvalue weighted by molar-refractivity contribution is -0.117. The standard InChI is InChI=1S/C21H25N3O2/c1-14-6-3-4-9-19(14)15(2)23-21(26)22-13-16-7-5-8-18(12-16)24-20(25)17-10-11-17/h3-9,12,15,17H,10-11,13H2,1-2H3,(H,24,25)(H2,22,23,26)/t15-/m0/s1. The van der Waals surface area contributed by atoms with Crippen LogP contribution in [0, 0.1) is 12.8 Å². The zero-order valence-corrected chi connectivity index (χ0v) is 15.2. The van der Waals surface area contributed by atoms with Gasteiger partial charge >= 0.3 is 6.03 Å². The fraction of sp³-hybridized carbons (Fsp3) is 0.333. The number of urea groups is 1. The second-order valence-electron chi connectivity index (χ2n) is 6.87. The van der Waals surface area contributed by atoms with Crippen molar-refractivity contribution in [3.63, 3.8) is 0 Å². The summed E-state index contributed by atoms with van der Waals surface area (Å²) in [7, 11) is 0. The molecule has 2 aromatic carbocycles. The molecule has 1 aliphatic carbocycles. The molecule has 0 unspecified atom stereocenters. The van der Waals surface area contributed by atoms with Gasteiger partial charge in [0.15, 0.2) is 0 Å². The van der Waals surface area contributed by atoms with E-state index in [1.54, 1.807) is 0 Å². The van der Waals surface area contributed by atoms with Gasteiger partial charge in [-0.3, -0.25) is 4.79 Å². The fourth-order valence-electron chi connectivity index (χ4n) is 2.93. The summed E-state index contributed by atoms with van der Waals surface area (Å²) in [5.41, 5.74) is 3.97. The molecule has 0 heterocycles. The van der Waals surface area contributed by atoms with Crippen LogP contribution in [0.25, 0.3) is 0 Å². The van der Waals surface area contributed by atoms with E-state index in [0.29, 0.717) is 6.54 Å². The van der Waals surface area contributed by atoms with Crippen LogP contribution in [0.1, 0.15) is 42.5 Å². The minimum Gasteiger partial charge on any atom is -0.334 e. The molecular formula is C21H25N3O2. The van der Waals surface area contributed by atoms with Crippen molar-refractivity contribution in [3.8, 4) is 0 Å². The summed E-state index contributed by atoms with van der Waals surface area (Å²) in [5, 5.41) is 8.75. The number of carbonyl (C=O) groups excluding carboxylic acids is 2. The van der Waals surface area contributed by atoms with Crippen LogP contribution in [0.3, 0.4) is 0 Å². The van der Waals surface area contributed by atoms with E-state index >= 15 is 0 Å². The quantitative estimate of drug-likeness (QED) is 0.738. The van der Waals surface area contributed by atoms with E-state index in [0.717, 1.165) is 35.2 Å². The summed E-state index contributed by atoms with van der Waals surface area (Å²) in [5.74, 6) is 0.255. The minimum atomic E-state index is -0.215. The Hall–Kier alpha value is -2.82. The predicted molar refractivity (Wildman–Crippen MR) is 103 cm³/mol. The van der Waals surface area contributed by atoms with Crippen molar-refractivity contribution < 1.29 is 9.59 Å². The van der Waals surface area contributed by atoms with Crippen molar-refractivity contribution in [1.29, 1.82) is 0 Å². The van der Waals surface area contributed by atoms with Gasteiger partial charge in [-0.2, -0.15) is 0 Å². The fourth-order valence-corrected chi connectivity index (χ4v) is 2.93. The van der Waals surface area contributed by atoms with Crippen molar-refractivity contribution >= 4 is 17.6 Å². The number of amides is 3. The SMILES string of the molecule is Cc1ccccc1[C@H](C)NC(=O)NCc1cccc(NC(=O)C2CC2)c1. The highest BCUT2D eigenvalue weighted by Gasteiger charge is 2.29.